The van der Waals surface area contributed by atoms with Crippen molar-refractivity contribution in [2.45, 2.75) is 59.7 Å². The molecule has 0 bridgehead atoms. The molecule has 0 fully saturated rings. The van der Waals surface area contributed by atoms with Gasteiger partial charge in [0, 0.05) is 11.3 Å². The number of hydrogen-bond acceptors (Lipinski definition) is 7. The minimum Gasteiger partial charge on any atom is -0.488 e. The zero-order valence-corrected chi connectivity index (χ0v) is 22.3. The Bertz CT molecular complexity index is 1280. The third-order valence-electron chi connectivity index (χ3n) is 4.80. The normalized spacial score (nSPS) is 11.4. The summed E-state index contributed by atoms with van der Waals surface area (Å²) in [5.41, 5.74) is 0.470. The lowest BCUT2D eigenvalue weighted by atomic mass is 10.1. The highest BCUT2D eigenvalue weighted by molar-refractivity contribution is 6.01. The van der Waals surface area contributed by atoms with E-state index in [0.717, 1.165) is 0 Å². The molecule has 0 atom stereocenters. The van der Waals surface area contributed by atoms with Crippen molar-refractivity contribution < 1.29 is 28.5 Å². The number of carbonyl (C=O) groups is 2. The van der Waals surface area contributed by atoms with Crippen LogP contribution in [0.15, 0.2) is 66.7 Å². The molecule has 0 amide bonds. The molecule has 3 aromatic rings. The van der Waals surface area contributed by atoms with E-state index in [9.17, 15) is 9.59 Å². The number of hydrogen-bond donors (Lipinski definition) is 1. The molecule has 0 aliphatic heterocycles. The van der Waals surface area contributed by atoms with E-state index in [1.165, 1.54) is 18.2 Å². The molecule has 0 radical (unpaired) electrons. The molecule has 0 aliphatic carbocycles. The highest BCUT2D eigenvalue weighted by atomic mass is 16.5. The van der Waals surface area contributed by atoms with Crippen LogP contribution in [0.4, 0.5) is 0 Å². The fourth-order valence-electron chi connectivity index (χ4n) is 3.30. The van der Waals surface area contributed by atoms with Crippen molar-refractivity contribution in [1.29, 1.82) is 5.41 Å². The first-order chi connectivity index (χ1) is 17.2. The zero-order valence-electron chi connectivity index (χ0n) is 22.3. The lowest BCUT2D eigenvalue weighted by molar-refractivity contribution is 0.0718. The maximum Gasteiger partial charge on any atom is 0.343 e. The van der Waals surface area contributed by atoms with Crippen LogP contribution in [0.2, 0.25) is 0 Å². The van der Waals surface area contributed by atoms with E-state index in [1.54, 1.807) is 55.5 Å². The molecule has 1 N–H and O–H groups in total. The smallest absolute Gasteiger partial charge is 0.343 e. The number of rotatable bonds is 7. The first-order valence-corrected chi connectivity index (χ1v) is 11.9. The van der Waals surface area contributed by atoms with E-state index in [4.69, 9.17) is 24.4 Å². The van der Waals surface area contributed by atoms with Crippen molar-refractivity contribution in [3.8, 4) is 23.0 Å². The monoisotopic (exact) mass is 503 g/mol. The minimum absolute atomic E-state index is 0.151. The van der Waals surface area contributed by atoms with E-state index in [1.807, 2.05) is 41.5 Å². The standard InChI is InChI=1S/C30H33NO6/c1-19(31)25-18-24(34-27(32)20-8-12-22(13-9-20)36-29(2,3)4)16-17-26(25)35-28(33)21-10-14-23(15-11-21)37-30(5,6)7/h8-18,31H,1-7H3. The maximum atomic E-state index is 12.7. The second-order valence-electron chi connectivity index (χ2n) is 10.5. The zero-order chi connectivity index (χ0) is 27.4. The number of esters is 2. The average Bonchev–Trinajstić information content (AvgIpc) is 2.78. The molecular weight excluding hydrogens is 470 g/mol. The fourth-order valence-corrected chi connectivity index (χ4v) is 3.30. The van der Waals surface area contributed by atoms with Gasteiger partial charge >= 0.3 is 11.9 Å². The minimum atomic E-state index is -0.577. The molecule has 0 spiro atoms. The Morgan fingerprint density at radius 2 is 1.03 bits per heavy atom. The van der Waals surface area contributed by atoms with Crippen LogP contribution in [0.5, 0.6) is 23.0 Å². The molecule has 37 heavy (non-hydrogen) atoms. The SMILES string of the molecule is CC(=N)c1cc(OC(=O)c2ccc(OC(C)(C)C)cc2)ccc1OC(=O)c1ccc(OC(C)(C)C)cc1. The molecule has 7 nitrogen and oxygen atoms in total. The summed E-state index contributed by atoms with van der Waals surface area (Å²) >= 11 is 0. The Morgan fingerprint density at radius 1 is 0.622 bits per heavy atom. The Kier molecular flexibility index (Phi) is 8.06. The van der Waals surface area contributed by atoms with Gasteiger partial charge in [0.2, 0.25) is 0 Å². The van der Waals surface area contributed by atoms with E-state index in [0.29, 0.717) is 28.2 Å². The molecule has 194 valence electrons. The highest BCUT2D eigenvalue weighted by Crippen LogP contribution is 2.27. The van der Waals surface area contributed by atoms with Crippen molar-refractivity contribution >= 4 is 17.7 Å². The van der Waals surface area contributed by atoms with Crippen molar-refractivity contribution in [2.24, 2.45) is 0 Å². The summed E-state index contributed by atoms with van der Waals surface area (Å²) in [6.45, 7) is 13.2. The lowest BCUT2D eigenvalue weighted by Gasteiger charge is -2.21. The summed E-state index contributed by atoms with van der Waals surface area (Å²) in [5.74, 6) is 0.572. The molecule has 0 aromatic heterocycles. The van der Waals surface area contributed by atoms with Crippen LogP contribution in [0, 0.1) is 5.41 Å². The van der Waals surface area contributed by atoms with Crippen LogP contribution < -0.4 is 18.9 Å². The Morgan fingerprint density at radius 3 is 1.43 bits per heavy atom. The number of benzene rings is 3. The van der Waals surface area contributed by atoms with Gasteiger partial charge in [-0.05, 0) is 115 Å². The second kappa shape index (κ2) is 10.9. The van der Waals surface area contributed by atoms with Crippen LogP contribution in [0.3, 0.4) is 0 Å². The molecule has 0 saturated heterocycles. The molecule has 3 rings (SSSR count). The van der Waals surface area contributed by atoms with Crippen LogP contribution >= 0.6 is 0 Å². The third kappa shape index (κ3) is 8.20. The van der Waals surface area contributed by atoms with Crippen molar-refractivity contribution in [2.75, 3.05) is 0 Å². The van der Waals surface area contributed by atoms with E-state index >= 15 is 0 Å². The number of ether oxygens (including phenoxy) is 4. The third-order valence-corrected chi connectivity index (χ3v) is 4.80. The Hall–Kier alpha value is -4.13. The van der Waals surface area contributed by atoms with Gasteiger partial charge in [0.15, 0.2) is 0 Å². The van der Waals surface area contributed by atoms with Gasteiger partial charge in [-0.1, -0.05) is 0 Å². The van der Waals surface area contributed by atoms with Crippen molar-refractivity contribution in [3.05, 3.63) is 83.4 Å². The van der Waals surface area contributed by atoms with E-state index < -0.39 is 11.9 Å². The van der Waals surface area contributed by atoms with Crippen LogP contribution in [0.1, 0.15) is 74.7 Å². The molecule has 0 aliphatic rings. The maximum absolute atomic E-state index is 12.7. The van der Waals surface area contributed by atoms with E-state index in [-0.39, 0.29) is 28.4 Å². The first-order valence-electron chi connectivity index (χ1n) is 11.9. The average molecular weight is 504 g/mol. The predicted molar refractivity (Wildman–Crippen MR) is 143 cm³/mol. The summed E-state index contributed by atoms with van der Waals surface area (Å²) in [4.78, 5) is 25.4. The Labute approximate surface area is 217 Å². The molecule has 3 aromatic carbocycles. The molecular formula is C30H33NO6. The molecule has 7 heteroatoms. The summed E-state index contributed by atoms with van der Waals surface area (Å²) in [6, 6.07) is 17.8. The van der Waals surface area contributed by atoms with Gasteiger partial charge in [0.25, 0.3) is 0 Å². The molecule has 0 unspecified atom stereocenters. The van der Waals surface area contributed by atoms with Crippen LogP contribution in [0.25, 0.3) is 0 Å². The second-order valence-corrected chi connectivity index (χ2v) is 10.5. The fraction of sp³-hybridized carbons (Fsp3) is 0.300. The van der Waals surface area contributed by atoms with E-state index in [2.05, 4.69) is 0 Å². The van der Waals surface area contributed by atoms with Gasteiger partial charge in [-0.3, -0.25) is 0 Å². The lowest BCUT2D eigenvalue weighted by Crippen LogP contribution is -2.23. The summed E-state index contributed by atoms with van der Waals surface area (Å²) < 4.78 is 22.6. The van der Waals surface area contributed by atoms with Gasteiger partial charge in [0.05, 0.1) is 11.1 Å². The first kappa shape index (κ1) is 27.5. The van der Waals surface area contributed by atoms with Crippen LogP contribution in [-0.4, -0.2) is 28.9 Å². The van der Waals surface area contributed by atoms with Gasteiger partial charge in [-0.25, -0.2) is 9.59 Å². The van der Waals surface area contributed by atoms with Gasteiger partial charge in [0.1, 0.15) is 34.2 Å². The van der Waals surface area contributed by atoms with Crippen molar-refractivity contribution in [1.82, 2.24) is 0 Å². The van der Waals surface area contributed by atoms with Gasteiger partial charge in [-0.2, -0.15) is 0 Å². The quantitative estimate of drug-likeness (QED) is 0.215. The number of carbonyl (C=O) groups excluding carboxylic acids is 2. The van der Waals surface area contributed by atoms with Gasteiger partial charge in [-0.15, -0.1) is 0 Å². The highest BCUT2D eigenvalue weighted by Gasteiger charge is 2.18. The predicted octanol–water partition coefficient (Wildman–Crippen LogP) is 6.87. The summed E-state index contributed by atoms with van der Waals surface area (Å²) in [5, 5.41) is 8.11. The van der Waals surface area contributed by atoms with Gasteiger partial charge < -0.3 is 24.4 Å². The largest absolute Gasteiger partial charge is 0.488 e. The molecule has 0 saturated carbocycles. The summed E-state index contributed by atoms with van der Waals surface area (Å²) in [7, 11) is 0. The van der Waals surface area contributed by atoms with Crippen LogP contribution in [-0.2, 0) is 0 Å². The number of nitrogens with one attached hydrogen (secondary N) is 1. The summed E-state index contributed by atoms with van der Waals surface area (Å²) in [6.07, 6.45) is 0. The Balaban J connectivity index is 1.71. The van der Waals surface area contributed by atoms with Crippen molar-refractivity contribution in [3.63, 3.8) is 0 Å². The molecule has 0 heterocycles. The topological polar surface area (TPSA) is 94.9 Å².